The van der Waals surface area contributed by atoms with Crippen molar-refractivity contribution in [1.82, 2.24) is 14.8 Å². The van der Waals surface area contributed by atoms with Crippen molar-refractivity contribution >= 4 is 11.6 Å². The summed E-state index contributed by atoms with van der Waals surface area (Å²) in [5.74, 6) is 1.59. The number of aromatic nitrogens is 3. The van der Waals surface area contributed by atoms with E-state index >= 15 is 0 Å². The molecule has 1 aromatic carbocycles. The van der Waals surface area contributed by atoms with Crippen molar-refractivity contribution in [3.8, 4) is 11.5 Å². The summed E-state index contributed by atoms with van der Waals surface area (Å²) in [6.45, 7) is 0.0343. The Kier molecular flexibility index (Phi) is 4.24. The van der Waals surface area contributed by atoms with E-state index in [1.54, 1.807) is 23.0 Å². The Morgan fingerprint density at radius 2 is 2.21 bits per heavy atom. The van der Waals surface area contributed by atoms with Gasteiger partial charge in [-0.15, -0.1) is 10.2 Å². The topological polar surface area (TPSA) is 69.4 Å². The van der Waals surface area contributed by atoms with Gasteiger partial charge in [0.15, 0.2) is 17.3 Å². The molecule has 0 spiro atoms. The number of aliphatic hydroxyl groups excluding tert-OH is 1. The van der Waals surface area contributed by atoms with Crippen LogP contribution < -0.4 is 9.47 Å². The SMILES string of the molecule is COc1cc(Cl)cc(CO)c1OCc1nncn1C. The first-order valence-corrected chi connectivity index (χ1v) is 5.96. The number of methoxy groups -OCH3 is 1. The molecule has 0 amide bonds. The van der Waals surface area contributed by atoms with Crippen molar-refractivity contribution < 1.29 is 14.6 Å². The number of rotatable bonds is 5. The summed E-state index contributed by atoms with van der Waals surface area (Å²) in [5, 5.41) is 17.5. The van der Waals surface area contributed by atoms with Gasteiger partial charge in [-0.2, -0.15) is 0 Å². The second kappa shape index (κ2) is 5.90. The van der Waals surface area contributed by atoms with Crippen molar-refractivity contribution in [2.75, 3.05) is 7.11 Å². The standard InChI is InChI=1S/C12H14ClN3O3/c1-16-7-14-15-11(16)6-19-12-8(5-17)3-9(13)4-10(12)18-2/h3-4,7,17H,5-6H2,1-2H3. The molecule has 7 heteroatoms. The highest BCUT2D eigenvalue weighted by atomic mass is 35.5. The van der Waals surface area contributed by atoms with Gasteiger partial charge in [-0.25, -0.2) is 0 Å². The third kappa shape index (κ3) is 2.97. The molecule has 0 saturated heterocycles. The number of nitrogens with zero attached hydrogens (tertiary/aromatic N) is 3. The molecular formula is C12H14ClN3O3. The second-order valence-corrected chi connectivity index (χ2v) is 4.34. The molecule has 0 radical (unpaired) electrons. The largest absolute Gasteiger partial charge is 0.493 e. The fraction of sp³-hybridized carbons (Fsp3) is 0.333. The summed E-state index contributed by atoms with van der Waals surface area (Å²) in [6.07, 6.45) is 1.59. The number of hydrogen-bond donors (Lipinski definition) is 1. The third-order valence-electron chi connectivity index (χ3n) is 2.64. The molecule has 102 valence electrons. The Labute approximate surface area is 115 Å². The molecule has 2 rings (SSSR count). The molecule has 6 nitrogen and oxygen atoms in total. The van der Waals surface area contributed by atoms with Gasteiger partial charge in [0.2, 0.25) is 0 Å². The summed E-state index contributed by atoms with van der Waals surface area (Å²) >= 11 is 5.93. The highest BCUT2D eigenvalue weighted by Crippen LogP contribution is 2.35. The van der Waals surface area contributed by atoms with E-state index in [0.717, 1.165) is 0 Å². The molecular weight excluding hydrogens is 270 g/mol. The van der Waals surface area contributed by atoms with E-state index in [1.165, 1.54) is 7.11 Å². The summed E-state index contributed by atoms with van der Waals surface area (Å²) in [6, 6.07) is 3.27. The first-order valence-electron chi connectivity index (χ1n) is 5.58. The molecule has 0 unspecified atom stereocenters. The fourth-order valence-corrected chi connectivity index (χ4v) is 1.86. The van der Waals surface area contributed by atoms with Gasteiger partial charge in [0.05, 0.1) is 13.7 Å². The molecule has 0 aliphatic carbocycles. The first-order chi connectivity index (χ1) is 9.15. The molecule has 0 aliphatic rings. The maximum Gasteiger partial charge on any atom is 0.170 e. The van der Waals surface area contributed by atoms with Crippen LogP contribution >= 0.6 is 11.6 Å². The van der Waals surface area contributed by atoms with Crippen molar-refractivity contribution in [2.24, 2.45) is 7.05 Å². The smallest absolute Gasteiger partial charge is 0.170 e. The number of halogens is 1. The average molecular weight is 284 g/mol. The van der Waals surface area contributed by atoms with E-state index in [2.05, 4.69) is 10.2 Å². The van der Waals surface area contributed by atoms with Gasteiger partial charge in [0.1, 0.15) is 12.9 Å². The summed E-state index contributed by atoms with van der Waals surface area (Å²) < 4.78 is 12.6. The van der Waals surface area contributed by atoms with Crippen LogP contribution in [0.3, 0.4) is 0 Å². The Morgan fingerprint density at radius 3 is 2.79 bits per heavy atom. The number of aliphatic hydroxyl groups is 1. The number of ether oxygens (including phenoxy) is 2. The van der Waals surface area contributed by atoms with E-state index in [1.807, 2.05) is 7.05 Å². The van der Waals surface area contributed by atoms with Crippen LogP contribution in [0.5, 0.6) is 11.5 Å². The van der Waals surface area contributed by atoms with Gasteiger partial charge in [-0.05, 0) is 6.07 Å². The highest BCUT2D eigenvalue weighted by molar-refractivity contribution is 6.30. The van der Waals surface area contributed by atoms with Crippen LogP contribution in [-0.4, -0.2) is 27.0 Å². The fourth-order valence-electron chi connectivity index (χ4n) is 1.63. The first kappa shape index (κ1) is 13.6. The van der Waals surface area contributed by atoms with Crippen LogP contribution in [0, 0.1) is 0 Å². The lowest BCUT2D eigenvalue weighted by atomic mass is 10.2. The van der Waals surface area contributed by atoms with E-state index in [4.69, 9.17) is 21.1 Å². The van der Waals surface area contributed by atoms with Crippen molar-refractivity contribution in [1.29, 1.82) is 0 Å². The third-order valence-corrected chi connectivity index (χ3v) is 2.86. The van der Waals surface area contributed by atoms with Gasteiger partial charge < -0.3 is 19.1 Å². The van der Waals surface area contributed by atoms with Crippen molar-refractivity contribution in [3.63, 3.8) is 0 Å². The minimum absolute atomic E-state index is 0.189. The molecule has 0 atom stereocenters. The lowest BCUT2D eigenvalue weighted by Crippen LogP contribution is -2.06. The van der Waals surface area contributed by atoms with Crippen molar-refractivity contribution in [2.45, 2.75) is 13.2 Å². The number of hydrogen-bond acceptors (Lipinski definition) is 5. The average Bonchev–Trinajstić information content (AvgIpc) is 2.81. The zero-order valence-electron chi connectivity index (χ0n) is 10.6. The minimum Gasteiger partial charge on any atom is -0.493 e. The molecule has 0 bridgehead atoms. The van der Waals surface area contributed by atoms with Gasteiger partial charge in [-0.3, -0.25) is 0 Å². The van der Waals surface area contributed by atoms with Gasteiger partial charge in [0, 0.05) is 23.7 Å². The van der Waals surface area contributed by atoms with Gasteiger partial charge in [0.25, 0.3) is 0 Å². The molecule has 1 aromatic heterocycles. The maximum atomic E-state index is 9.35. The number of benzene rings is 1. The second-order valence-electron chi connectivity index (χ2n) is 3.90. The highest BCUT2D eigenvalue weighted by Gasteiger charge is 2.13. The Balaban J connectivity index is 2.26. The summed E-state index contributed by atoms with van der Waals surface area (Å²) in [7, 11) is 3.34. The lowest BCUT2D eigenvalue weighted by molar-refractivity contribution is 0.244. The lowest BCUT2D eigenvalue weighted by Gasteiger charge is -2.14. The van der Waals surface area contributed by atoms with E-state index < -0.39 is 0 Å². The van der Waals surface area contributed by atoms with Crippen molar-refractivity contribution in [3.05, 3.63) is 34.9 Å². The molecule has 0 saturated carbocycles. The van der Waals surface area contributed by atoms with E-state index in [0.29, 0.717) is 27.9 Å². The monoisotopic (exact) mass is 283 g/mol. The van der Waals surface area contributed by atoms with Crippen LogP contribution in [0.25, 0.3) is 0 Å². The summed E-state index contributed by atoms with van der Waals surface area (Å²) in [5.41, 5.74) is 0.562. The predicted molar refractivity (Wildman–Crippen MR) is 69.3 cm³/mol. The zero-order chi connectivity index (χ0) is 13.8. The van der Waals surface area contributed by atoms with Crippen LogP contribution in [0.2, 0.25) is 5.02 Å². The predicted octanol–water partition coefficient (Wildman–Crippen LogP) is 1.55. The minimum atomic E-state index is -0.189. The molecule has 19 heavy (non-hydrogen) atoms. The Hall–Kier alpha value is -1.79. The van der Waals surface area contributed by atoms with Crippen LogP contribution in [0.4, 0.5) is 0 Å². The quantitative estimate of drug-likeness (QED) is 0.901. The van der Waals surface area contributed by atoms with Gasteiger partial charge >= 0.3 is 0 Å². The van der Waals surface area contributed by atoms with Crippen LogP contribution in [-0.2, 0) is 20.3 Å². The summed E-state index contributed by atoms with van der Waals surface area (Å²) in [4.78, 5) is 0. The van der Waals surface area contributed by atoms with Crippen LogP contribution in [0.1, 0.15) is 11.4 Å². The number of aryl methyl sites for hydroxylation is 1. The molecule has 0 aliphatic heterocycles. The molecule has 2 aromatic rings. The van der Waals surface area contributed by atoms with Gasteiger partial charge in [-0.1, -0.05) is 11.6 Å². The Bertz CT molecular complexity index is 546. The van der Waals surface area contributed by atoms with E-state index in [-0.39, 0.29) is 13.2 Å². The maximum absolute atomic E-state index is 9.35. The van der Waals surface area contributed by atoms with Crippen LogP contribution in [0.15, 0.2) is 18.5 Å². The zero-order valence-corrected chi connectivity index (χ0v) is 11.4. The Morgan fingerprint density at radius 1 is 1.42 bits per heavy atom. The normalized spacial score (nSPS) is 10.5. The van der Waals surface area contributed by atoms with E-state index in [9.17, 15) is 5.11 Å². The molecule has 1 heterocycles. The molecule has 0 fully saturated rings. The molecule has 1 N–H and O–H groups in total.